The van der Waals surface area contributed by atoms with E-state index in [-0.39, 0.29) is 5.91 Å². The molecule has 0 bridgehead atoms. The number of benzene rings is 1. The molecule has 1 aromatic heterocycles. The van der Waals surface area contributed by atoms with E-state index in [2.05, 4.69) is 10.3 Å². The van der Waals surface area contributed by atoms with E-state index in [1.54, 1.807) is 24.4 Å². The smallest absolute Gasteiger partial charge is 0.221 e. The Hall–Kier alpha value is -2.07. The Bertz CT molecular complexity index is 573. The lowest BCUT2D eigenvalue weighted by atomic mass is 10.3. The standard InChI is InChI=1S/C14H13ClN2O2/c1-10(18)17-11-5-6-13(15)14(8-11)19-9-12-4-2-3-7-16-12/h2-8H,9H2,1H3,(H,17,18). The summed E-state index contributed by atoms with van der Waals surface area (Å²) < 4.78 is 5.60. The fourth-order valence-corrected chi connectivity index (χ4v) is 1.70. The Balaban J connectivity index is 2.08. The molecule has 0 saturated carbocycles. The molecule has 1 heterocycles. The largest absolute Gasteiger partial charge is 0.486 e. The molecule has 0 saturated heterocycles. The van der Waals surface area contributed by atoms with E-state index in [1.807, 2.05) is 18.2 Å². The lowest BCUT2D eigenvalue weighted by molar-refractivity contribution is -0.114. The average molecular weight is 277 g/mol. The number of carbonyl (C=O) groups excluding carboxylic acids is 1. The van der Waals surface area contributed by atoms with E-state index in [1.165, 1.54) is 6.92 Å². The molecule has 0 spiro atoms. The SMILES string of the molecule is CC(=O)Nc1ccc(Cl)c(OCc2ccccn2)c1. The fourth-order valence-electron chi connectivity index (χ4n) is 1.53. The van der Waals surface area contributed by atoms with Crippen LogP contribution in [0, 0.1) is 0 Å². The number of amides is 1. The molecular formula is C14H13ClN2O2. The highest BCUT2D eigenvalue weighted by atomic mass is 35.5. The first-order chi connectivity index (χ1) is 9.15. The topological polar surface area (TPSA) is 51.2 Å². The highest BCUT2D eigenvalue weighted by Gasteiger charge is 2.05. The summed E-state index contributed by atoms with van der Waals surface area (Å²) in [5, 5.41) is 3.17. The van der Waals surface area contributed by atoms with Crippen LogP contribution in [0.15, 0.2) is 42.6 Å². The summed E-state index contributed by atoms with van der Waals surface area (Å²) >= 11 is 6.04. The van der Waals surface area contributed by atoms with E-state index in [0.717, 1.165) is 5.69 Å². The number of aromatic nitrogens is 1. The number of carbonyl (C=O) groups is 1. The normalized spacial score (nSPS) is 10.0. The van der Waals surface area contributed by atoms with Gasteiger partial charge in [0.2, 0.25) is 5.91 Å². The maximum atomic E-state index is 11.0. The number of ether oxygens (including phenoxy) is 1. The van der Waals surface area contributed by atoms with Gasteiger partial charge in [0.05, 0.1) is 10.7 Å². The number of pyridine rings is 1. The number of halogens is 1. The average Bonchev–Trinajstić information content (AvgIpc) is 2.40. The maximum absolute atomic E-state index is 11.0. The van der Waals surface area contributed by atoms with Crippen molar-refractivity contribution >= 4 is 23.2 Å². The van der Waals surface area contributed by atoms with Crippen LogP contribution in [0.3, 0.4) is 0 Å². The van der Waals surface area contributed by atoms with Crippen molar-refractivity contribution in [3.8, 4) is 5.75 Å². The number of anilines is 1. The van der Waals surface area contributed by atoms with Gasteiger partial charge in [-0.1, -0.05) is 17.7 Å². The second-order valence-electron chi connectivity index (χ2n) is 3.94. The van der Waals surface area contributed by atoms with Gasteiger partial charge in [-0.05, 0) is 24.3 Å². The van der Waals surface area contributed by atoms with Gasteiger partial charge in [-0.2, -0.15) is 0 Å². The lowest BCUT2D eigenvalue weighted by Crippen LogP contribution is -2.06. The van der Waals surface area contributed by atoms with Crippen LogP contribution in [0.4, 0.5) is 5.69 Å². The summed E-state index contributed by atoms with van der Waals surface area (Å²) in [4.78, 5) is 15.2. The molecule has 0 atom stereocenters. The highest BCUT2D eigenvalue weighted by Crippen LogP contribution is 2.28. The molecule has 4 nitrogen and oxygen atoms in total. The van der Waals surface area contributed by atoms with Crippen LogP contribution < -0.4 is 10.1 Å². The minimum Gasteiger partial charge on any atom is -0.486 e. The molecule has 0 radical (unpaired) electrons. The fraction of sp³-hybridized carbons (Fsp3) is 0.143. The van der Waals surface area contributed by atoms with Gasteiger partial charge in [0.25, 0.3) is 0 Å². The van der Waals surface area contributed by atoms with Crippen molar-refractivity contribution in [2.24, 2.45) is 0 Å². The highest BCUT2D eigenvalue weighted by molar-refractivity contribution is 6.32. The summed E-state index contributed by atoms with van der Waals surface area (Å²) in [7, 11) is 0. The second kappa shape index (κ2) is 6.20. The Morgan fingerprint density at radius 1 is 1.37 bits per heavy atom. The number of nitrogens with one attached hydrogen (secondary N) is 1. The number of nitrogens with zero attached hydrogens (tertiary/aromatic N) is 1. The van der Waals surface area contributed by atoms with Gasteiger partial charge in [0.15, 0.2) is 0 Å². The molecule has 0 unspecified atom stereocenters. The molecular weight excluding hydrogens is 264 g/mol. The first-order valence-electron chi connectivity index (χ1n) is 5.75. The van der Waals surface area contributed by atoms with Crippen LogP contribution >= 0.6 is 11.6 Å². The molecule has 2 rings (SSSR count). The predicted molar refractivity (Wildman–Crippen MR) is 74.3 cm³/mol. The number of hydrogen-bond acceptors (Lipinski definition) is 3. The molecule has 1 N–H and O–H groups in total. The van der Waals surface area contributed by atoms with Gasteiger partial charge in [-0.15, -0.1) is 0 Å². The summed E-state index contributed by atoms with van der Waals surface area (Å²) in [6, 6.07) is 10.7. The van der Waals surface area contributed by atoms with Crippen molar-refractivity contribution in [3.63, 3.8) is 0 Å². The van der Waals surface area contributed by atoms with Crippen molar-refractivity contribution in [3.05, 3.63) is 53.3 Å². The molecule has 1 amide bonds. The third-order valence-electron chi connectivity index (χ3n) is 2.35. The Morgan fingerprint density at radius 3 is 2.89 bits per heavy atom. The zero-order valence-electron chi connectivity index (χ0n) is 10.4. The predicted octanol–water partition coefficient (Wildman–Crippen LogP) is 3.27. The van der Waals surface area contributed by atoms with Crippen LogP contribution in [-0.2, 0) is 11.4 Å². The third-order valence-corrected chi connectivity index (χ3v) is 2.67. The Kier molecular flexibility index (Phi) is 4.36. The molecule has 19 heavy (non-hydrogen) atoms. The van der Waals surface area contributed by atoms with Crippen LogP contribution in [0.5, 0.6) is 5.75 Å². The Morgan fingerprint density at radius 2 is 2.21 bits per heavy atom. The van der Waals surface area contributed by atoms with E-state index in [9.17, 15) is 4.79 Å². The van der Waals surface area contributed by atoms with Gasteiger partial charge >= 0.3 is 0 Å². The molecule has 0 aliphatic rings. The van der Waals surface area contributed by atoms with Crippen molar-refractivity contribution in [2.45, 2.75) is 13.5 Å². The quantitative estimate of drug-likeness (QED) is 0.932. The van der Waals surface area contributed by atoms with Crippen LogP contribution in [0.1, 0.15) is 12.6 Å². The minimum absolute atomic E-state index is 0.141. The summed E-state index contributed by atoms with van der Waals surface area (Å²) in [6.07, 6.45) is 1.70. The van der Waals surface area contributed by atoms with Gasteiger partial charge in [-0.25, -0.2) is 0 Å². The van der Waals surface area contributed by atoms with Gasteiger partial charge in [-0.3, -0.25) is 9.78 Å². The second-order valence-corrected chi connectivity index (χ2v) is 4.34. The van der Waals surface area contributed by atoms with E-state index < -0.39 is 0 Å². The molecule has 98 valence electrons. The van der Waals surface area contributed by atoms with Crippen molar-refractivity contribution in [1.82, 2.24) is 4.98 Å². The molecule has 5 heteroatoms. The minimum atomic E-state index is -0.141. The number of rotatable bonds is 4. The first-order valence-corrected chi connectivity index (χ1v) is 6.13. The van der Waals surface area contributed by atoms with Crippen molar-refractivity contribution < 1.29 is 9.53 Å². The zero-order chi connectivity index (χ0) is 13.7. The summed E-state index contributed by atoms with van der Waals surface area (Å²) in [5.41, 5.74) is 1.46. The van der Waals surface area contributed by atoms with E-state index in [4.69, 9.17) is 16.3 Å². The maximum Gasteiger partial charge on any atom is 0.221 e. The molecule has 0 aliphatic heterocycles. The van der Waals surface area contributed by atoms with Gasteiger partial charge < -0.3 is 10.1 Å². The molecule has 0 fully saturated rings. The first kappa shape index (κ1) is 13.4. The van der Waals surface area contributed by atoms with E-state index >= 15 is 0 Å². The van der Waals surface area contributed by atoms with Crippen LogP contribution in [-0.4, -0.2) is 10.9 Å². The number of hydrogen-bond donors (Lipinski definition) is 1. The Labute approximate surface area is 116 Å². The lowest BCUT2D eigenvalue weighted by Gasteiger charge is -2.10. The van der Waals surface area contributed by atoms with Gasteiger partial charge in [0, 0.05) is 24.9 Å². The third kappa shape index (κ3) is 3.96. The van der Waals surface area contributed by atoms with Crippen molar-refractivity contribution in [1.29, 1.82) is 0 Å². The van der Waals surface area contributed by atoms with E-state index in [0.29, 0.717) is 23.1 Å². The molecule has 1 aromatic carbocycles. The molecule has 0 aliphatic carbocycles. The zero-order valence-corrected chi connectivity index (χ0v) is 11.1. The van der Waals surface area contributed by atoms with Crippen LogP contribution in [0.25, 0.3) is 0 Å². The monoisotopic (exact) mass is 276 g/mol. The van der Waals surface area contributed by atoms with Gasteiger partial charge in [0.1, 0.15) is 12.4 Å². The summed E-state index contributed by atoms with van der Waals surface area (Å²) in [5.74, 6) is 0.372. The van der Waals surface area contributed by atoms with Crippen molar-refractivity contribution in [2.75, 3.05) is 5.32 Å². The summed E-state index contributed by atoms with van der Waals surface area (Å²) in [6.45, 7) is 1.77. The molecule has 2 aromatic rings. The van der Waals surface area contributed by atoms with Crippen LogP contribution in [0.2, 0.25) is 5.02 Å².